The lowest BCUT2D eigenvalue weighted by molar-refractivity contribution is -0.131. The highest BCUT2D eigenvalue weighted by Gasteiger charge is 2.17. The van der Waals surface area contributed by atoms with Crippen LogP contribution in [0.3, 0.4) is 0 Å². The predicted molar refractivity (Wildman–Crippen MR) is 177 cm³/mol. The Balaban J connectivity index is 1.24. The Morgan fingerprint density at radius 2 is 1.67 bits per heavy atom. The third-order valence-electron chi connectivity index (χ3n) is 6.79. The van der Waals surface area contributed by atoms with Crippen LogP contribution in [0.15, 0.2) is 109 Å². The fraction of sp³-hybridized carbons (Fsp3) is 0.235. The molecule has 4 N–H and O–H groups in total. The van der Waals surface area contributed by atoms with Crippen LogP contribution in [0.1, 0.15) is 16.8 Å². The van der Waals surface area contributed by atoms with Gasteiger partial charge < -0.3 is 31.0 Å². The van der Waals surface area contributed by atoms with Gasteiger partial charge in [-0.2, -0.15) is 0 Å². The smallest absolute Gasteiger partial charge is 0.315 e. The van der Waals surface area contributed by atoms with E-state index < -0.39 is 6.03 Å². The van der Waals surface area contributed by atoms with Crippen molar-refractivity contribution in [3.8, 4) is 0 Å². The van der Waals surface area contributed by atoms with Crippen LogP contribution in [0.4, 0.5) is 4.79 Å². The number of hydrogen-bond donors (Lipinski definition) is 4. The molecule has 0 aliphatic carbocycles. The third-order valence-corrected chi connectivity index (χ3v) is 6.79. The van der Waals surface area contributed by atoms with E-state index in [1.807, 2.05) is 72.8 Å². The van der Waals surface area contributed by atoms with Gasteiger partial charge in [0.05, 0.1) is 24.3 Å². The van der Waals surface area contributed by atoms with Crippen LogP contribution >= 0.6 is 0 Å². The van der Waals surface area contributed by atoms with Gasteiger partial charge in [-0.25, -0.2) is 4.79 Å². The van der Waals surface area contributed by atoms with Crippen molar-refractivity contribution in [1.82, 2.24) is 36.1 Å². The van der Waals surface area contributed by atoms with E-state index in [2.05, 4.69) is 43.0 Å². The molecule has 12 heteroatoms. The maximum absolute atomic E-state index is 13.3. The van der Waals surface area contributed by atoms with Gasteiger partial charge in [-0.1, -0.05) is 66.3 Å². The van der Waals surface area contributed by atoms with Crippen molar-refractivity contribution < 1.29 is 19.2 Å². The minimum atomic E-state index is -0.446. The summed E-state index contributed by atoms with van der Waals surface area (Å²) in [4.78, 5) is 53.7. The van der Waals surface area contributed by atoms with Crippen LogP contribution in [0.2, 0.25) is 0 Å². The van der Waals surface area contributed by atoms with Gasteiger partial charge in [0.2, 0.25) is 11.8 Å². The zero-order chi connectivity index (χ0) is 32.4. The average Bonchev–Trinajstić information content (AvgIpc) is 3.10. The van der Waals surface area contributed by atoms with E-state index in [1.165, 1.54) is 0 Å². The third kappa shape index (κ3) is 10.8. The van der Waals surface area contributed by atoms with Gasteiger partial charge in [-0.15, -0.1) is 0 Å². The number of aromatic nitrogens is 2. The molecule has 0 atom stereocenters. The Morgan fingerprint density at radius 3 is 2.48 bits per heavy atom. The molecule has 4 amide bonds. The largest absolute Gasteiger partial charge is 0.394 e. The molecule has 0 saturated heterocycles. The average molecular weight is 623 g/mol. The summed E-state index contributed by atoms with van der Waals surface area (Å²) in [7, 11) is 0. The summed E-state index contributed by atoms with van der Waals surface area (Å²) in [5.41, 5.74) is 3.84. The molecular weight excluding hydrogens is 584 g/mol. The van der Waals surface area contributed by atoms with Crippen molar-refractivity contribution in [1.29, 1.82) is 0 Å². The second kappa shape index (κ2) is 18.2. The molecule has 0 spiro atoms. The van der Waals surface area contributed by atoms with Crippen molar-refractivity contribution >= 4 is 34.5 Å². The summed E-state index contributed by atoms with van der Waals surface area (Å²) in [5.74, 6) is -0.519. The molecular formula is C34H38N8O4. The highest BCUT2D eigenvalue weighted by molar-refractivity contribution is 6.06. The van der Waals surface area contributed by atoms with E-state index in [9.17, 15) is 14.4 Å². The van der Waals surface area contributed by atoms with Gasteiger partial charge in [0.15, 0.2) is 0 Å². The van der Waals surface area contributed by atoms with Gasteiger partial charge in [0, 0.05) is 50.5 Å². The molecule has 2 heterocycles. The van der Waals surface area contributed by atoms with E-state index in [0.717, 1.165) is 22.0 Å². The summed E-state index contributed by atoms with van der Waals surface area (Å²) < 4.78 is 0. The maximum atomic E-state index is 13.3. The van der Waals surface area contributed by atoms with Crippen LogP contribution in [-0.2, 0) is 27.5 Å². The van der Waals surface area contributed by atoms with Gasteiger partial charge in [0.25, 0.3) is 0 Å². The number of oxime groups is 1. The molecule has 12 nitrogen and oxygen atoms in total. The Hall–Kier alpha value is -5.62. The first kappa shape index (κ1) is 33.3. The van der Waals surface area contributed by atoms with E-state index >= 15 is 0 Å². The molecule has 0 unspecified atom stereocenters. The Morgan fingerprint density at radius 1 is 0.848 bits per heavy atom. The van der Waals surface area contributed by atoms with Crippen LogP contribution in [0.25, 0.3) is 10.9 Å². The van der Waals surface area contributed by atoms with Crippen LogP contribution < -0.4 is 21.3 Å². The monoisotopic (exact) mass is 622 g/mol. The molecule has 2 aromatic carbocycles. The topological polar surface area (TPSA) is 150 Å². The minimum Gasteiger partial charge on any atom is -0.394 e. The number of nitrogens with one attached hydrogen (secondary N) is 4. The second-order valence-corrected chi connectivity index (χ2v) is 10.1. The Labute approximate surface area is 267 Å². The van der Waals surface area contributed by atoms with Crippen molar-refractivity contribution in [2.24, 2.45) is 5.16 Å². The lowest BCUT2D eigenvalue weighted by atomic mass is 10.1. The summed E-state index contributed by atoms with van der Waals surface area (Å²) in [6.45, 7) is 5.32. The Bertz CT molecular complexity index is 1610. The minimum absolute atomic E-state index is 0.0632. The summed E-state index contributed by atoms with van der Waals surface area (Å²) >= 11 is 0. The summed E-state index contributed by atoms with van der Waals surface area (Å²) in [6, 6.07) is 24.1. The second-order valence-electron chi connectivity index (χ2n) is 10.1. The number of carbonyl (C=O) groups is 3. The number of hydrogen-bond acceptors (Lipinski definition) is 8. The maximum Gasteiger partial charge on any atom is 0.315 e. The first-order valence-electron chi connectivity index (χ1n) is 14.9. The van der Waals surface area contributed by atoms with Gasteiger partial charge in [-0.05, 0) is 41.5 Å². The van der Waals surface area contributed by atoms with Crippen molar-refractivity contribution in [3.63, 3.8) is 0 Å². The molecule has 2 aromatic heterocycles. The fourth-order valence-electron chi connectivity index (χ4n) is 4.44. The molecule has 4 rings (SSSR count). The molecule has 0 bridgehead atoms. The Kier molecular flexibility index (Phi) is 13.2. The van der Waals surface area contributed by atoms with E-state index in [4.69, 9.17) is 4.84 Å². The zero-order valence-corrected chi connectivity index (χ0v) is 25.5. The van der Waals surface area contributed by atoms with Crippen LogP contribution in [0, 0.1) is 0 Å². The van der Waals surface area contributed by atoms with Gasteiger partial charge in [-0.3, -0.25) is 19.6 Å². The number of amides is 4. The predicted octanol–water partition coefficient (Wildman–Crippen LogP) is 2.77. The summed E-state index contributed by atoms with van der Waals surface area (Å²) in [6.07, 6.45) is 4.94. The first-order valence-corrected chi connectivity index (χ1v) is 14.9. The number of urea groups is 1. The molecule has 238 valence electrons. The quantitative estimate of drug-likeness (QED) is 0.0804. The normalized spacial score (nSPS) is 11.0. The standard InChI is InChI=1S/C34H38N8O4/c1-2-29(31-14-6-7-16-37-31)41-46-21-19-35-23-32(43)38-18-20-42(25-27-12-8-15-30-28(27)13-9-17-36-30)33(44)24-40-34(45)39-22-26-10-4-3-5-11-26/h2-17,35H,1,18-25H2,(H,38,43)(H2,39,40,45)/b41-29+. The molecule has 0 fully saturated rings. The summed E-state index contributed by atoms with van der Waals surface area (Å²) in [5, 5.41) is 16.2. The lowest BCUT2D eigenvalue weighted by Gasteiger charge is -2.24. The van der Waals surface area contributed by atoms with Crippen molar-refractivity contribution in [2.45, 2.75) is 13.1 Å². The zero-order valence-electron chi connectivity index (χ0n) is 25.5. The SMILES string of the molecule is C=C/C(=N\OCCNCC(=O)NCCN(Cc1cccc2ncccc12)C(=O)CNC(=O)NCc1ccccc1)c1ccccn1. The van der Waals surface area contributed by atoms with Crippen LogP contribution in [-0.4, -0.2) is 77.8 Å². The van der Waals surface area contributed by atoms with Crippen LogP contribution in [0.5, 0.6) is 0 Å². The number of pyridine rings is 2. The van der Waals surface area contributed by atoms with E-state index in [-0.39, 0.29) is 51.1 Å². The molecule has 0 aliphatic heterocycles. The molecule has 0 radical (unpaired) electrons. The van der Waals surface area contributed by atoms with Crippen molar-refractivity contribution in [3.05, 3.63) is 121 Å². The van der Waals surface area contributed by atoms with Gasteiger partial charge >= 0.3 is 6.03 Å². The first-order chi connectivity index (χ1) is 22.5. The van der Waals surface area contributed by atoms with Crippen molar-refractivity contribution in [2.75, 3.05) is 39.3 Å². The molecule has 0 aliphatic rings. The number of nitrogens with zero attached hydrogens (tertiary/aromatic N) is 4. The van der Waals surface area contributed by atoms with E-state index in [1.54, 1.807) is 29.4 Å². The lowest BCUT2D eigenvalue weighted by Crippen LogP contribution is -2.46. The number of carbonyl (C=O) groups excluding carboxylic acids is 3. The van der Waals surface area contributed by atoms with Gasteiger partial charge in [0.1, 0.15) is 12.3 Å². The number of allylic oxidation sites excluding steroid dienone is 1. The number of fused-ring (bicyclic) bond motifs is 1. The fourth-order valence-corrected chi connectivity index (χ4v) is 4.44. The highest BCUT2D eigenvalue weighted by atomic mass is 16.6. The van der Waals surface area contributed by atoms with E-state index in [0.29, 0.717) is 24.5 Å². The molecule has 4 aromatic rings. The molecule has 46 heavy (non-hydrogen) atoms. The number of rotatable bonds is 17. The number of benzene rings is 2. The highest BCUT2D eigenvalue weighted by Crippen LogP contribution is 2.18. The molecule has 0 saturated carbocycles.